The third-order valence-corrected chi connectivity index (χ3v) is 2.44. The monoisotopic (exact) mass is 198 g/mol. The van der Waals surface area contributed by atoms with E-state index in [0.29, 0.717) is 5.75 Å². The van der Waals surface area contributed by atoms with Crippen LogP contribution in [0, 0.1) is 0 Å². The van der Waals surface area contributed by atoms with Gasteiger partial charge in [-0.3, -0.25) is 4.79 Å². The Hall–Kier alpha value is -1.16. The van der Waals surface area contributed by atoms with Crippen molar-refractivity contribution in [3.8, 4) is 5.75 Å². The van der Waals surface area contributed by atoms with Gasteiger partial charge in [0, 0.05) is 10.6 Å². The molecule has 0 spiro atoms. The largest absolute Gasteiger partial charge is 0.508 e. The molecule has 13 heavy (non-hydrogen) atoms. The molecule has 0 amide bonds. The molecule has 0 aliphatic rings. The molecule has 1 aromatic rings. The van der Waals surface area contributed by atoms with Crippen LogP contribution in [0.1, 0.15) is 6.42 Å². The highest BCUT2D eigenvalue weighted by atomic mass is 32.2. The van der Waals surface area contributed by atoms with E-state index < -0.39 is 5.97 Å². The van der Waals surface area contributed by atoms with Crippen LogP contribution in [0.3, 0.4) is 0 Å². The standard InChI is InChI=1S/C9H10O3S/c10-7-1-3-8(4-2-7)13-6-5-9(11)12/h1-4,10H,5-6H2,(H,11,12). The second-order valence-electron chi connectivity index (χ2n) is 2.49. The second kappa shape index (κ2) is 4.77. The van der Waals surface area contributed by atoms with Crippen LogP contribution in [0.25, 0.3) is 0 Å². The van der Waals surface area contributed by atoms with E-state index in [0.717, 1.165) is 4.90 Å². The van der Waals surface area contributed by atoms with E-state index in [1.807, 2.05) is 0 Å². The molecule has 3 nitrogen and oxygen atoms in total. The van der Waals surface area contributed by atoms with E-state index in [1.54, 1.807) is 24.3 Å². The summed E-state index contributed by atoms with van der Waals surface area (Å²) >= 11 is 1.47. The Kier molecular flexibility index (Phi) is 3.64. The van der Waals surface area contributed by atoms with Crippen molar-refractivity contribution in [2.24, 2.45) is 0 Å². The topological polar surface area (TPSA) is 57.5 Å². The summed E-state index contributed by atoms with van der Waals surface area (Å²) in [6.45, 7) is 0. The lowest BCUT2D eigenvalue weighted by Gasteiger charge is -1.98. The minimum absolute atomic E-state index is 0.158. The summed E-state index contributed by atoms with van der Waals surface area (Å²) in [6, 6.07) is 6.70. The Morgan fingerprint density at radius 1 is 1.31 bits per heavy atom. The van der Waals surface area contributed by atoms with Crippen molar-refractivity contribution in [1.82, 2.24) is 0 Å². The molecule has 1 rings (SSSR count). The minimum Gasteiger partial charge on any atom is -0.508 e. The van der Waals surface area contributed by atoms with Gasteiger partial charge in [0.1, 0.15) is 5.75 Å². The number of aromatic hydroxyl groups is 1. The first-order valence-corrected chi connectivity index (χ1v) is 4.80. The predicted molar refractivity (Wildman–Crippen MR) is 51.1 cm³/mol. The Bertz CT molecular complexity index is 281. The number of thioether (sulfide) groups is 1. The number of carboxylic acid groups (broad SMARTS) is 1. The quantitative estimate of drug-likeness (QED) is 0.726. The molecule has 0 saturated carbocycles. The zero-order chi connectivity index (χ0) is 9.68. The zero-order valence-corrected chi connectivity index (χ0v) is 7.75. The highest BCUT2D eigenvalue weighted by molar-refractivity contribution is 7.99. The van der Waals surface area contributed by atoms with Gasteiger partial charge >= 0.3 is 5.97 Å². The van der Waals surface area contributed by atoms with Crippen molar-refractivity contribution >= 4 is 17.7 Å². The maximum atomic E-state index is 10.2. The van der Waals surface area contributed by atoms with Gasteiger partial charge in [0.05, 0.1) is 6.42 Å². The maximum Gasteiger partial charge on any atom is 0.304 e. The first-order chi connectivity index (χ1) is 6.18. The summed E-state index contributed by atoms with van der Waals surface area (Å²) in [5.41, 5.74) is 0. The molecule has 0 aliphatic heterocycles. The van der Waals surface area contributed by atoms with Crippen LogP contribution in [-0.2, 0) is 4.79 Å². The molecule has 0 aliphatic carbocycles. The number of hydrogen-bond acceptors (Lipinski definition) is 3. The minimum atomic E-state index is -0.786. The molecular weight excluding hydrogens is 188 g/mol. The summed E-state index contributed by atoms with van der Waals surface area (Å²) in [5.74, 6) is -0.00557. The molecule has 2 N–H and O–H groups in total. The molecule has 70 valence electrons. The molecule has 4 heteroatoms. The fourth-order valence-electron chi connectivity index (χ4n) is 0.799. The number of aliphatic carboxylic acids is 1. The van der Waals surface area contributed by atoms with Crippen molar-refractivity contribution in [3.05, 3.63) is 24.3 Å². The van der Waals surface area contributed by atoms with Gasteiger partial charge in [-0.05, 0) is 24.3 Å². The van der Waals surface area contributed by atoms with Crippen molar-refractivity contribution in [3.63, 3.8) is 0 Å². The SMILES string of the molecule is O=C(O)CCSc1ccc(O)cc1. The van der Waals surface area contributed by atoms with Gasteiger partial charge in [-0.25, -0.2) is 0 Å². The summed E-state index contributed by atoms with van der Waals surface area (Å²) < 4.78 is 0. The highest BCUT2D eigenvalue weighted by Crippen LogP contribution is 2.20. The van der Waals surface area contributed by atoms with Crippen LogP contribution < -0.4 is 0 Å². The molecule has 0 heterocycles. The molecule has 0 aromatic heterocycles. The molecule has 0 atom stereocenters. The van der Waals surface area contributed by atoms with E-state index in [1.165, 1.54) is 11.8 Å². The first-order valence-electron chi connectivity index (χ1n) is 3.82. The fraction of sp³-hybridized carbons (Fsp3) is 0.222. The third-order valence-electron chi connectivity index (χ3n) is 1.42. The number of rotatable bonds is 4. The number of carbonyl (C=O) groups is 1. The summed E-state index contributed by atoms with van der Waals surface area (Å²) in [7, 11) is 0. The van der Waals surface area contributed by atoms with E-state index in [-0.39, 0.29) is 12.2 Å². The van der Waals surface area contributed by atoms with Gasteiger partial charge in [0.2, 0.25) is 0 Å². The van der Waals surface area contributed by atoms with Crippen LogP contribution in [0.15, 0.2) is 29.2 Å². The number of phenolic OH excluding ortho intramolecular Hbond substituents is 1. The van der Waals surface area contributed by atoms with Crippen molar-refractivity contribution < 1.29 is 15.0 Å². The maximum absolute atomic E-state index is 10.2. The summed E-state index contributed by atoms with van der Waals surface area (Å²) in [5, 5.41) is 17.3. The number of phenols is 1. The van der Waals surface area contributed by atoms with Gasteiger partial charge in [0.25, 0.3) is 0 Å². The smallest absolute Gasteiger partial charge is 0.304 e. The first kappa shape index (κ1) is 9.92. The van der Waals surface area contributed by atoms with Crippen LogP contribution >= 0.6 is 11.8 Å². The van der Waals surface area contributed by atoms with Crippen LogP contribution in [-0.4, -0.2) is 21.9 Å². The Labute approximate surface area is 80.4 Å². The van der Waals surface area contributed by atoms with Gasteiger partial charge in [0.15, 0.2) is 0 Å². The lowest BCUT2D eigenvalue weighted by atomic mass is 10.3. The van der Waals surface area contributed by atoms with E-state index >= 15 is 0 Å². The van der Waals surface area contributed by atoms with E-state index in [9.17, 15) is 4.79 Å². The van der Waals surface area contributed by atoms with Crippen molar-refractivity contribution in [2.75, 3.05) is 5.75 Å². The van der Waals surface area contributed by atoms with Crippen molar-refractivity contribution in [2.45, 2.75) is 11.3 Å². The number of hydrogen-bond donors (Lipinski definition) is 2. The van der Waals surface area contributed by atoms with Gasteiger partial charge < -0.3 is 10.2 Å². The van der Waals surface area contributed by atoms with E-state index in [4.69, 9.17) is 10.2 Å². The van der Waals surface area contributed by atoms with Gasteiger partial charge in [-0.1, -0.05) is 0 Å². The molecule has 0 fully saturated rings. The number of benzene rings is 1. The zero-order valence-electron chi connectivity index (χ0n) is 6.93. The molecule has 0 saturated heterocycles. The lowest BCUT2D eigenvalue weighted by molar-refractivity contribution is -0.136. The Morgan fingerprint density at radius 3 is 2.46 bits per heavy atom. The fourth-order valence-corrected chi connectivity index (χ4v) is 1.64. The van der Waals surface area contributed by atoms with Gasteiger partial charge in [-0.15, -0.1) is 11.8 Å². The average molecular weight is 198 g/mol. The average Bonchev–Trinajstić information content (AvgIpc) is 2.08. The highest BCUT2D eigenvalue weighted by Gasteiger charge is 1.98. The lowest BCUT2D eigenvalue weighted by Crippen LogP contribution is -1.95. The third kappa shape index (κ3) is 3.85. The Balaban J connectivity index is 2.37. The molecule has 0 bridgehead atoms. The number of carboxylic acids is 1. The Morgan fingerprint density at radius 2 is 1.92 bits per heavy atom. The van der Waals surface area contributed by atoms with Crippen LogP contribution in [0.2, 0.25) is 0 Å². The van der Waals surface area contributed by atoms with E-state index in [2.05, 4.69) is 0 Å². The van der Waals surface area contributed by atoms with Crippen LogP contribution in [0.5, 0.6) is 5.75 Å². The molecule has 0 radical (unpaired) electrons. The molecular formula is C9H10O3S. The van der Waals surface area contributed by atoms with Crippen molar-refractivity contribution in [1.29, 1.82) is 0 Å². The molecule has 1 aromatic carbocycles. The second-order valence-corrected chi connectivity index (χ2v) is 3.65. The summed E-state index contributed by atoms with van der Waals surface area (Å²) in [4.78, 5) is 11.2. The van der Waals surface area contributed by atoms with Gasteiger partial charge in [-0.2, -0.15) is 0 Å². The molecule has 0 unspecified atom stereocenters. The van der Waals surface area contributed by atoms with Crippen LogP contribution in [0.4, 0.5) is 0 Å². The summed E-state index contributed by atoms with van der Waals surface area (Å²) in [6.07, 6.45) is 0.158. The predicted octanol–water partition coefficient (Wildman–Crippen LogP) is 1.96. The normalized spacial score (nSPS) is 9.85.